The molecule has 3 rings (SSSR count). The van der Waals surface area contributed by atoms with E-state index in [4.69, 9.17) is 4.74 Å². The van der Waals surface area contributed by atoms with Gasteiger partial charge in [0.2, 0.25) is 5.56 Å². The number of H-pyrrole nitrogens is 1. The standard InChI is InChI=1S/C17H18N2O6S/c1-17(6-7-26(23,24)10-17)19-15(21)9-25-16(22)12-8-14(20)18-13-5-3-2-4-11(12)13/h2-5,8H,6-7,9-10H2,1H3,(H,18,20)(H,19,21)/t17-/m0/s1. The third kappa shape index (κ3) is 3.93. The average Bonchev–Trinajstić information content (AvgIpc) is 2.84. The molecule has 1 aliphatic heterocycles. The molecule has 138 valence electrons. The van der Waals surface area contributed by atoms with E-state index in [0.717, 1.165) is 6.07 Å². The molecule has 0 radical (unpaired) electrons. The second-order valence-corrected chi connectivity index (χ2v) is 8.80. The van der Waals surface area contributed by atoms with Crippen molar-refractivity contribution in [2.24, 2.45) is 0 Å². The summed E-state index contributed by atoms with van der Waals surface area (Å²) in [5, 5.41) is 3.11. The molecule has 8 nitrogen and oxygen atoms in total. The van der Waals surface area contributed by atoms with Crippen molar-refractivity contribution in [3.05, 3.63) is 46.2 Å². The fourth-order valence-corrected chi connectivity index (χ4v) is 5.16. The predicted molar refractivity (Wildman–Crippen MR) is 94.7 cm³/mol. The van der Waals surface area contributed by atoms with Crippen molar-refractivity contribution in [1.82, 2.24) is 10.3 Å². The number of aromatic nitrogens is 1. The van der Waals surface area contributed by atoms with Gasteiger partial charge in [-0.3, -0.25) is 9.59 Å². The number of sulfone groups is 1. The zero-order valence-electron chi connectivity index (χ0n) is 14.1. The van der Waals surface area contributed by atoms with Gasteiger partial charge in [-0.25, -0.2) is 13.2 Å². The molecule has 1 aliphatic rings. The number of para-hydroxylation sites is 1. The van der Waals surface area contributed by atoms with Crippen LogP contribution < -0.4 is 10.9 Å². The Kier molecular flexibility index (Phi) is 4.57. The Morgan fingerprint density at radius 1 is 1.31 bits per heavy atom. The molecular weight excluding hydrogens is 360 g/mol. The second-order valence-electron chi connectivity index (χ2n) is 6.62. The van der Waals surface area contributed by atoms with E-state index in [2.05, 4.69) is 10.3 Å². The van der Waals surface area contributed by atoms with E-state index in [1.807, 2.05) is 0 Å². The predicted octanol–water partition coefficient (Wildman–Crippen LogP) is 0.378. The van der Waals surface area contributed by atoms with Gasteiger partial charge in [0, 0.05) is 17.0 Å². The van der Waals surface area contributed by atoms with Crippen LogP contribution in [-0.2, 0) is 19.4 Å². The Balaban J connectivity index is 1.68. The lowest BCUT2D eigenvalue weighted by Gasteiger charge is -2.23. The minimum absolute atomic E-state index is 0.0162. The van der Waals surface area contributed by atoms with E-state index in [-0.39, 0.29) is 17.1 Å². The summed E-state index contributed by atoms with van der Waals surface area (Å²) in [6.07, 6.45) is 0.313. The zero-order valence-corrected chi connectivity index (χ0v) is 14.9. The molecule has 1 saturated heterocycles. The van der Waals surface area contributed by atoms with Crippen LogP contribution in [0.5, 0.6) is 0 Å². The number of nitrogens with one attached hydrogen (secondary N) is 2. The minimum Gasteiger partial charge on any atom is -0.452 e. The van der Waals surface area contributed by atoms with Crippen LogP contribution in [0.3, 0.4) is 0 Å². The van der Waals surface area contributed by atoms with Crippen LogP contribution in [0.15, 0.2) is 35.1 Å². The molecule has 1 aromatic heterocycles. The molecule has 1 atom stereocenters. The smallest absolute Gasteiger partial charge is 0.339 e. The Morgan fingerprint density at radius 2 is 2.04 bits per heavy atom. The topological polar surface area (TPSA) is 122 Å². The second kappa shape index (κ2) is 6.56. The van der Waals surface area contributed by atoms with Gasteiger partial charge in [0.15, 0.2) is 16.4 Å². The van der Waals surface area contributed by atoms with E-state index in [0.29, 0.717) is 17.3 Å². The molecule has 2 aromatic rings. The Morgan fingerprint density at radius 3 is 2.73 bits per heavy atom. The lowest BCUT2D eigenvalue weighted by Crippen LogP contribution is -2.48. The number of hydrogen-bond donors (Lipinski definition) is 2. The average molecular weight is 378 g/mol. The number of rotatable bonds is 4. The lowest BCUT2D eigenvalue weighted by atomic mass is 10.0. The molecule has 0 spiro atoms. The summed E-state index contributed by atoms with van der Waals surface area (Å²) in [5.74, 6) is -1.51. The quantitative estimate of drug-likeness (QED) is 0.742. The summed E-state index contributed by atoms with van der Waals surface area (Å²) < 4.78 is 28.1. The Labute approximate surface area is 149 Å². The molecule has 0 saturated carbocycles. The normalized spacial score (nSPS) is 21.4. The highest BCUT2D eigenvalue weighted by molar-refractivity contribution is 7.91. The molecule has 0 unspecified atom stereocenters. The van der Waals surface area contributed by atoms with Crippen molar-refractivity contribution >= 4 is 32.6 Å². The summed E-state index contributed by atoms with van der Waals surface area (Å²) in [7, 11) is -3.16. The maximum atomic E-state index is 12.3. The number of ether oxygens (including phenoxy) is 1. The molecule has 1 aromatic carbocycles. The van der Waals surface area contributed by atoms with E-state index in [1.165, 1.54) is 0 Å². The van der Waals surface area contributed by atoms with Gasteiger partial charge in [0.25, 0.3) is 5.91 Å². The number of benzene rings is 1. The van der Waals surface area contributed by atoms with Crippen LogP contribution in [0.25, 0.3) is 10.9 Å². The highest BCUT2D eigenvalue weighted by Crippen LogP contribution is 2.22. The van der Waals surface area contributed by atoms with Gasteiger partial charge in [0.1, 0.15) is 0 Å². The number of esters is 1. The summed E-state index contributed by atoms with van der Waals surface area (Å²) in [6, 6.07) is 7.87. The van der Waals surface area contributed by atoms with Crippen molar-refractivity contribution in [2.45, 2.75) is 18.9 Å². The zero-order chi connectivity index (χ0) is 18.9. The van der Waals surface area contributed by atoms with Crippen molar-refractivity contribution < 1.29 is 22.7 Å². The van der Waals surface area contributed by atoms with Gasteiger partial charge >= 0.3 is 5.97 Å². The van der Waals surface area contributed by atoms with Gasteiger partial charge in [-0.15, -0.1) is 0 Å². The molecule has 2 N–H and O–H groups in total. The van der Waals surface area contributed by atoms with Crippen LogP contribution in [0.2, 0.25) is 0 Å². The first-order valence-electron chi connectivity index (χ1n) is 7.98. The van der Waals surface area contributed by atoms with Crippen LogP contribution in [0.4, 0.5) is 0 Å². The molecule has 1 amide bonds. The molecule has 9 heteroatoms. The molecule has 26 heavy (non-hydrogen) atoms. The molecular formula is C17H18N2O6S. The summed E-state index contributed by atoms with van der Waals surface area (Å²) in [4.78, 5) is 38.6. The van der Waals surface area contributed by atoms with E-state index in [1.54, 1.807) is 31.2 Å². The summed E-state index contributed by atoms with van der Waals surface area (Å²) in [6.45, 7) is 1.08. The van der Waals surface area contributed by atoms with Gasteiger partial charge in [-0.2, -0.15) is 0 Å². The van der Waals surface area contributed by atoms with Crippen LogP contribution in [0.1, 0.15) is 23.7 Å². The van der Waals surface area contributed by atoms with E-state index in [9.17, 15) is 22.8 Å². The van der Waals surface area contributed by atoms with E-state index >= 15 is 0 Å². The van der Waals surface area contributed by atoms with Crippen molar-refractivity contribution in [3.63, 3.8) is 0 Å². The number of amides is 1. The van der Waals surface area contributed by atoms with Crippen molar-refractivity contribution in [2.75, 3.05) is 18.1 Å². The van der Waals surface area contributed by atoms with E-state index < -0.39 is 39.4 Å². The highest BCUT2D eigenvalue weighted by atomic mass is 32.2. The Bertz CT molecular complexity index is 1040. The number of pyridine rings is 1. The van der Waals surface area contributed by atoms with Gasteiger partial charge < -0.3 is 15.0 Å². The molecule has 0 bridgehead atoms. The number of fused-ring (bicyclic) bond motifs is 1. The summed E-state index contributed by atoms with van der Waals surface area (Å²) in [5.41, 5.74) is -0.769. The number of carbonyl (C=O) groups is 2. The third-order valence-electron chi connectivity index (χ3n) is 4.25. The summed E-state index contributed by atoms with van der Waals surface area (Å²) >= 11 is 0. The number of carbonyl (C=O) groups excluding carboxylic acids is 2. The first-order chi connectivity index (χ1) is 12.2. The third-order valence-corrected chi connectivity index (χ3v) is 6.15. The van der Waals surface area contributed by atoms with Crippen LogP contribution in [-0.4, -0.2) is 48.9 Å². The Hall–Kier alpha value is -2.68. The number of aromatic amines is 1. The highest BCUT2D eigenvalue weighted by Gasteiger charge is 2.39. The van der Waals surface area contributed by atoms with Gasteiger partial charge in [-0.05, 0) is 19.4 Å². The fourth-order valence-electron chi connectivity index (χ4n) is 3.06. The molecule has 0 aliphatic carbocycles. The first kappa shape index (κ1) is 18.1. The largest absolute Gasteiger partial charge is 0.452 e. The first-order valence-corrected chi connectivity index (χ1v) is 9.80. The maximum absolute atomic E-state index is 12.3. The van der Waals surface area contributed by atoms with Crippen LogP contribution >= 0.6 is 0 Å². The van der Waals surface area contributed by atoms with Crippen molar-refractivity contribution in [3.8, 4) is 0 Å². The number of hydrogen-bond acceptors (Lipinski definition) is 6. The van der Waals surface area contributed by atoms with Crippen molar-refractivity contribution in [1.29, 1.82) is 0 Å². The lowest BCUT2D eigenvalue weighted by molar-refractivity contribution is -0.125. The molecule has 1 fully saturated rings. The minimum atomic E-state index is -3.16. The van der Waals surface area contributed by atoms with Crippen LogP contribution in [0, 0.1) is 0 Å². The maximum Gasteiger partial charge on any atom is 0.339 e. The monoisotopic (exact) mass is 378 g/mol. The van der Waals surface area contributed by atoms with Gasteiger partial charge in [-0.1, -0.05) is 18.2 Å². The van der Waals surface area contributed by atoms with Gasteiger partial charge in [0.05, 0.1) is 22.6 Å². The fraction of sp³-hybridized carbons (Fsp3) is 0.353. The molecule has 2 heterocycles. The SMILES string of the molecule is C[C@]1(NC(=O)COC(=O)c2cc(=O)[nH]c3ccccc23)CCS(=O)(=O)C1.